The van der Waals surface area contributed by atoms with Crippen LogP contribution in [0.2, 0.25) is 5.02 Å². The van der Waals surface area contributed by atoms with Crippen molar-refractivity contribution >= 4 is 11.6 Å². The summed E-state index contributed by atoms with van der Waals surface area (Å²) in [6, 6.07) is 2.23. The van der Waals surface area contributed by atoms with Crippen molar-refractivity contribution in [3.8, 4) is 11.8 Å². The minimum atomic E-state index is -0.970. The van der Waals surface area contributed by atoms with Gasteiger partial charge in [0.05, 0.1) is 12.1 Å². The first-order valence-electron chi connectivity index (χ1n) is 3.23. The molecule has 0 heterocycles. The van der Waals surface area contributed by atoms with E-state index in [1.165, 1.54) is 6.07 Å². The number of nitrogens with zero attached hydrogens (tertiary/aromatic N) is 1. The highest BCUT2D eigenvalue weighted by Crippen LogP contribution is 2.29. The normalized spacial score (nSPS) is 9.46. The van der Waals surface area contributed by atoms with Crippen LogP contribution in [0.15, 0.2) is 6.07 Å². The molecule has 1 aromatic carbocycles. The molecule has 68 valence electrons. The van der Waals surface area contributed by atoms with E-state index in [1.54, 1.807) is 0 Å². The fourth-order valence-electron chi connectivity index (χ4n) is 0.878. The topological polar surface area (TPSA) is 33.0 Å². The summed E-state index contributed by atoms with van der Waals surface area (Å²) in [6.07, 6.45) is 0. The Morgan fingerprint density at radius 2 is 2.15 bits per heavy atom. The quantitative estimate of drug-likeness (QED) is 0.657. The van der Waals surface area contributed by atoms with E-state index in [4.69, 9.17) is 16.9 Å². The van der Waals surface area contributed by atoms with Crippen molar-refractivity contribution in [1.82, 2.24) is 0 Å². The fourth-order valence-corrected chi connectivity index (χ4v) is 1.07. The summed E-state index contributed by atoms with van der Waals surface area (Å²) in [5, 5.41) is 8.05. The van der Waals surface area contributed by atoms with Crippen molar-refractivity contribution in [3.63, 3.8) is 0 Å². The van der Waals surface area contributed by atoms with Gasteiger partial charge in [-0.15, -0.1) is 0 Å². The lowest BCUT2D eigenvalue weighted by molar-refractivity contribution is 0.381. The second-order valence-corrected chi connectivity index (χ2v) is 2.58. The number of hydrogen-bond acceptors (Lipinski definition) is 2. The third-order valence-electron chi connectivity index (χ3n) is 1.44. The van der Waals surface area contributed by atoms with Crippen LogP contribution in [0.25, 0.3) is 0 Å². The Hall–Kier alpha value is -1.34. The predicted molar refractivity (Wildman–Crippen MR) is 42.6 cm³/mol. The molecule has 0 amide bonds. The number of benzene rings is 1. The van der Waals surface area contributed by atoms with Crippen LogP contribution >= 0.6 is 11.6 Å². The molecule has 0 radical (unpaired) electrons. The standard InChI is InChI=1S/C8H4ClF2NO/c1-13-8-4(3-12)7(11)5(9)2-6(8)10/h2H,1H3. The molecule has 0 unspecified atom stereocenters. The molecule has 13 heavy (non-hydrogen) atoms. The number of methoxy groups -OCH3 is 1. The molecule has 2 nitrogen and oxygen atoms in total. The summed E-state index contributed by atoms with van der Waals surface area (Å²) in [6.45, 7) is 0. The van der Waals surface area contributed by atoms with Gasteiger partial charge in [-0.3, -0.25) is 0 Å². The Morgan fingerprint density at radius 3 is 2.62 bits per heavy atom. The van der Waals surface area contributed by atoms with Crippen LogP contribution in [0.4, 0.5) is 8.78 Å². The van der Waals surface area contributed by atoms with Crippen LogP contribution in [0.3, 0.4) is 0 Å². The van der Waals surface area contributed by atoms with Gasteiger partial charge in [0, 0.05) is 0 Å². The first-order chi connectivity index (χ1) is 6.11. The highest BCUT2D eigenvalue weighted by Gasteiger charge is 2.17. The fraction of sp³-hybridized carbons (Fsp3) is 0.125. The average molecular weight is 204 g/mol. The lowest BCUT2D eigenvalue weighted by Gasteiger charge is -2.05. The molecule has 0 aromatic heterocycles. The molecule has 0 spiro atoms. The number of halogens is 3. The largest absolute Gasteiger partial charge is 0.492 e. The van der Waals surface area contributed by atoms with Gasteiger partial charge in [-0.25, -0.2) is 8.78 Å². The lowest BCUT2D eigenvalue weighted by atomic mass is 10.2. The molecule has 1 aromatic rings. The zero-order valence-corrected chi connectivity index (χ0v) is 7.32. The van der Waals surface area contributed by atoms with E-state index in [-0.39, 0.29) is 0 Å². The van der Waals surface area contributed by atoms with Gasteiger partial charge in [-0.2, -0.15) is 5.26 Å². The molecular weight excluding hydrogens is 200 g/mol. The summed E-state index contributed by atoms with van der Waals surface area (Å²) >= 11 is 5.31. The highest BCUT2D eigenvalue weighted by atomic mass is 35.5. The first-order valence-corrected chi connectivity index (χ1v) is 3.61. The van der Waals surface area contributed by atoms with E-state index < -0.39 is 28.0 Å². The molecule has 0 saturated carbocycles. The Labute approximate surface area is 78.3 Å². The predicted octanol–water partition coefficient (Wildman–Crippen LogP) is 2.50. The molecule has 0 saturated heterocycles. The van der Waals surface area contributed by atoms with Crippen LogP contribution < -0.4 is 4.74 Å². The Kier molecular flexibility index (Phi) is 2.69. The number of hydrogen-bond donors (Lipinski definition) is 0. The van der Waals surface area contributed by atoms with E-state index in [0.717, 1.165) is 13.2 Å². The van der Waals surface area contributed by atoms with Crippen molar-refractivity contribution in [2.24, 2.45) is 0 Å². The maximum Gasteiger partial charge on any atom is 0.175 e. The second-order valence-electron chi connectivity index (χ2n) is 2.17. The van der Waals surface area contributed by atoms with Crippen LogP contribution in [0, 0.1) is 23.0 Å². The average Bonchev–Trinajstić information content (AvgIpc) is 2.10. The van der Waals surface area contributed by atoms with Gasteiger partial charge >= 0.3 is 0 Å². The summed E-state index contributed by atoms with van der Waals surface area (Å²) in [7, 11) is 1.15. The molecule has 0 bridgehead atoms. The lowest BCUT2D eigenvalue weighted by Crippen LogP contribution is -1.96. The Bertz CT molecular complexity index is 387. The Morgan fingerprint density at radius 1 is 1.54 bits per heavy atom. The molecule has 0 aliphatic heterocycles. The van der Waals surface area contributed by atoms with Crippen molar-refractivity contribution in [3.05, 3.63) is 28.3 Å². The molecule has 1 rings (SSSR count). The summed E-state index contributed by atoms with van der Waals surface area (Å²) < 4.78 is 30.5. The van der Waals surface area contributed by atoms with Crippen LogP contribution in [-0.2, 0) is 0 Å². The van der Waals surface area contributed by atoms with Crippen molar-refractivity contribution < 1.29 is 13.5 Å². The smallest absolute Gasteiger partial charge is 0.175 e. The SMILES string of the molecule is COc1c(F)cc(Cl)c(F)c1C#N. The Balaban J connectivity index is 3.53. The minimum Gasteiger partial charge on any atom is -0.492 e. The van der Waals surface area contributed by atoms with Gasteiger partial charge in [-0.05, 0) is 6.07 Å². The van der Waals surface area contributed by atoms with Crippen molar-refractivity contribution in [2.75, 3.05) is 7.11 Å². The maximum absolute atomic E-state index is 13.0. The molecule has 0 aliphatic rings. The third-order valence-corrected chi connectivity index (χ3v) is 1.72. The van der Waals surface area contributed by atoms with Crippen LogP contribution in [0.5, 0.6) is 5.75 Å². The molecule has 5 heteroatoms. The second kappa shape index (κ2) is 3.58. The van der Waals surface area contributed by atoms with Gasteiger partial charge in [-0.1, -0.05) is 11.6 Å². The first kappa shape index (κ1) is 9.75. The highest BCUT2D eigenvalue weighted by molar-refractivity contribution is 6.30. The zero-order valence-electron chi connectivity index (χ0n) is 6.57. The van der Waals surface area contributed by atoms with Gasteiger partial charge < -0.3 is 4.74 Å². The molecule has 0 N–H and O–H groups in total. The van der Waals surface area contributed by atoms with E-state index in [1.807, 2.05) is 0 Å². The van der Waals surface area contributed by atoms with Gasteiger partial charge in [0.1, 0.15) is 11.6 Å². The van der Waals surface area contributed by atoms with Crippen LogP contribution in [-0.4, -0.2) is 7.11 Å². The molecule has 0 atom stereocenters. The van der Waals surface area contributed by atoms with Crippen molar-refractivity contribution in [2.45, 2.75) is 0 Å². The van der Waals surface area contributed by atoms with Gasteiger partial charge in [0.25, 0.3) is 0 Å². The maximum atomic E-state index is 13.0. The number of ether oxygens (including phenoxy) is 1. The van der Waals surface area contributed by atoms with E-state index in [9.17, 15) is 8.78 Å². The molecular formula is C8H4ClF2NO. The van der Waals surface area contributed by atoms with Gasteiger partial charge in [0.2, 0.25) is 0 Å². The van der Waals surface area contributed by atoms with E-state index in [2.05, 4.69) is 4.74 Å². The summed E-state index contributed by atoms with van der Waals surface area (Å²) in [5.41, 5.74) is -0.521. The minimum absolute atomic E-state index is 0.426. The van der Waals surface area contributed by atoms with Gasteiger partial charge in [0.15, 0.2) is 17.4 Å². The van der Waals surface area contributed by atoms with E-state index in [0.29, 0.717) is 0 Å². The number of nitriles is 1. The molecule has 0 fully saturated rings. The zero-order chi connectivity index (χ0) is 10.0. The van der Waals surface area contributed by atoms with Crippen molar-refractivity contribution in [1.29, 1.82) is 5.26 Å². The van der Waals surface area contributed by atoms with E-state index >= 15 is 0 Å². The molecule has 0 aliphatic carbocycles. The summed E-state index contributed by atoms with van der Waals surface area (Å²) in [5.74, 6) is -2.25. The summed E-state index contributed by atoms with van der Waals surface area (Å²) in [4.78, 5) is 0. The number of rotatable bonds is 1. The third kappa shape index (κ3) is 1.56. The van der Waals surface area contributed by atoms with Crippen LogP contribution in [0.1, 0.15) is 5.56 Å². The monoisotopic (exact) mass is 203 g/mol.